The number of fused-ring (bicyclic) bond motifs is 1. The van der Waals surface area contributed by atoms with Crippen LogP contribution >= 0.6 is 11.3 Å². The number of thiophene rings is 1. The fourth-order valence-corrected chi connectivity index (χ4v) is 4.07. The maximum absolute atomic E-state index is 6.08. The summed E-state index contributed by atoms with van der Waals surface area (Å²) in [6.45, 7) is 4.23. The Morgan fingerprint density at radius 1 is 1.53 bits per heavy atom. The standard InChI is InChI=1S/C13H21N3S/c14-10-13(15-9-11-3-2-8-17-11)5-7-16-6-1-4-12(13)16/h2-3,8,12,15H,1,4-7,9-10,14H2. The van der Waals surface area contributed by atoms with Crippen molar-refractivity contribution in [1.29, 1.82) is 0 Å². The number of nitrogens with one attached hydrogen (secondary N) is 1. The quantitative estimate of drug-likeness (QED) is 0.850. The first-order chi connectivity index (χ1) is 8.34. The number of hydrogen-bond donors (Lipinski definition) is 2. The lowest BCUT2D eigenvalue weighted by atomic mass is 9.88. The van der Waals surface area contributed by atoms with Crippen molar-refractivity contribution >= 4 is 11.3 Å². The Labute approximate surface area is 107 Å². The number of rotatable bonds is 4. The van der Waals surface area contributed by atoms with E-state index in [1.807, 2.05) is 11.3 Å². The van der Waals surface area contributed by atoms with Gasteiger partial charge in [0.25, 0.3) is 0 Å². The monoisotopic (exact) mass is 251 g/mol. The molecule has 0 saturated carbocycles. The molecule has 2 aliphatic heterocycles. The molecule has 3 heterocycles. The number of hydrogen-bond acceptors (Lipinski definition) is 4. The van der Waals surface area contributed by atoms with Crippen LogP contribution in [0.4, 0.5) is 0 Å². The van der Waals surface area contributed by atoms with Crippen LogP contribution in [0.5, 0.6) is 0 Å². The SMILES string of the molecule is NCC1(NCc2cccs2)CCN2CCCC21. The molecule has 3 nitrogen and oxygen atoms in total. The largest absolute Gasteiger partial charge is 0.329 e. The second-order valence-corrected chi connectivity index (χ2v) is 6.27. The average Bonchev–Trinajstić information content (AvgIpc) is 3.05. The average molecular weight is 251 g/mol. The van der Waals surface area contributed by atoms with Gasteiger partial charge in [0, 0.05) is 36.1 Å². The second kappa shape index (κ2) is 4.69. The molecule has 17 heavy (non-hydrogen) atoms. The predicted molar refractivity (Wildman–Crippen MR) is 72.2 cm³/mol. The van der Waals surface area contributed by atoms with Crippen molar-refractivity contribution in [2.75, 3.05) is 19.6 Å². The Morgan fingerprint density at radius 3 is 3.24 bits per heavy atom. The molecule has 3 rings (SSSR count). The summed E-state index contributed by atoms with van der Waals surface area (Å²) in [4.78, 5) is 4.03. The molecule has 2 unspecified atom stereocenters. The summed E-state index contributed by atoms with van der Waals surface area (Å²) in [7, 11) is 0. The summed E-state index contributed by atoms with van der Waals surface area (Å²) >= 11 is 1.82. The Morgan fingerprint density at radius 2 is 2.47 bits per heavy atom. The molecule has 2 saturated heterocycles. The van der Waals surface area contributed by atoms with E-state index in [9.17, 15) is 0 Å². The van der Waals surface area contributed by atoms with Gasteiger partial charge >= 0.3 is 0 Å². The zero-order chi connectivity index (χ0) is 11.7. The van der Waals surface area contributed by atoms with Crippen molar-refractivity contribution in [3.8, 4) is 0 Å². The highest BCUT2D eigenvalue weighted by Crippen LogP contribution is 2.35. The summed E-state index contributed by atoms with van der Waals surface area (Å²) in [5.74, 6) is 0. The molecule has 0 aromatic carbocycles. The molecule has 94 valence electrons. The van der Waals surface area contributed by atoms with Gasteiger partial charge in [-0.3, -0.25) is 4.90 Å². The van der Waals surface area contributed by atoms with Crippen LogP contribution in [-0.4, -0.2) is 36.1 Å². The molecular weight excluding hydrogens is 230 g/mol. The van der Waals surface area contributed by atoms with Gasteiger partial charge in [-0.1, -0.05) is 6.07 Å². The Bertz CT molecular complexity index is 365. The van der Waals surface area contributed by atoms with Crippen molar-refractivity contribution in [2.24, 2.45) is 5.73 Å². The molecule has 2 atom stereocenters. The van der Waals surface area contributed by atoms with Gasteiger partial charge < -0.3 is 11.1 Å². The minimum absolute atomic E-state index is 0.167. The van der Waals surface area contributed by atoms with E-state index in [2.05, 4.69) is 27.7 Å². The summed E-state index contributed by atoms with van der Waals surface area (Å²) in [5, 5.41) is 5.90. The van der Waals surface area contributed by atoms with Crippen LogP contribution < -0.4 is 11.1 Å². The van der Waals surface area contributed by atoms with Crippen LogP contribution in [0.2, 0.25) is 0 Å². The van der Waals surface area contributed by atoms with Crippen molar-refractivity contribution < 1.29 is 0 Å². The summed E-state index contributed by atoms with van der Waals surface area (Å²) < 4.78 is 0. The smallest absolute Gasteiger partial charge is 0.0476 e. The third-order valence-corrected chi connectivity index (χ3v) is 5.28. The summed E-state index contributed by atoms with van der Waals surface area (Å²) in [6, 6.07) is 4.99. The maximum atomic E-state index is 6.08. The lowest BCUT2D eigenvalue weighted by Crippen LogP contribution is -2.57. The van der Waals surface area contributed by atoms with Gasteiger partial charge in [-0.2, -0.15) is 0 Å². The predicted octanol–water partition coefficient (Wildman–Crippen LogP) is 1.40. The normalized spacial score (nSPS) is 33.1. The fourth-order valence-electron chi connectivity index (χ4n) is 3.42. The first-order valence-electron chi connectivity index (χ1n) is 6.56. The second-order valence-electron chi connectivity index (χ2n) is 5.24. The third kappa shape index (κ3) is 2.03. The van der Waals surface area contributed by atoms with Crippen molar-refractivity contribution in [1.82, 2.24) is 10.2 Å². The van der Waals surface area contributed by atoms with Crippen LogP contribution in [0.15, 0.2) is 17.5 Å². The van der Waals surface area contributed by atoms with Gasteiger partial charge in [-0.05, 0) is 37.3 Å². The van der Waals surface area contributed by atoms with Crippen LogP contribution in [0, 0.1) is 0 Å². The van der Waals surface area contributed by atoms with E-state index in [0.717, 1.165) is 13.1 Å². The highest BCUT2D eigenvalue weighted by molar-refractivity contribution is 7.09. The molecule has 0 aliphatic carbocycles. The molecule has 1 aromatic rings. The summed E-state index contributed by atoms with van der Waals surface area (Å²) in [6.07, 6.45) is 3.86. The minimum atomic E-state index is 0.167. The molecule has 0 amide bonds. The lowest BCUT2D eigenvalue weighted by Gasteiger charge is -2.35. The highest BCUT2D eigenvalue weighted by Gasteiger charge is 2.47. The highest BCUT2D eigenvalue weighted by atomic mass is 32.1. The summed E-state index contributed by atoms with van der Waals surface area (Å²) in [5.41, 5.74) is 6.25. The molecule has 1 aromatic heterocycles. The molecule has 0 radical (unpaired) electrons. The number of nitrogens with zero attached hydrogens (tertiary/aromatic N) is 1. The van der Waals surface area contributed by atoms with Crippen molar-refractivity contribution in [3.63, 3.8) is 0 Å². The Kier molecular flexibility index (Phi) is 3.21. The van der Waals surface area contributed by atoms with E-state index < -0.39 is 0 Å². The van der Waals surface area contributed by atoms with E-state index in [0.29, 0.717) is 6.04 Å². The molecule has 0 spiro atoms. The van der Waals surface area contributed by atoms with Crippen molar-refractivity contribution in [3.05, 3.63) is 22.4 Å². The lowest BCUT2D eigenvalue weighted by molar-refractivity contribution is 0.228. The van der Waals surface area contributed by atoms with E-state index in [-0.39, 0.29) is 5.54 Å². The molecule has 2 aliphatic rings. The molecule has 4 heteroatoms. The van der Waals surface area contributed by atoms with Crippen LogP contribution in [0.3, 0.4) is 0 Å². The van der Waals surface area contributed by atoms with Gasteiger partial charge in [0.1, 0.15) is 0 Å². The molecule has 0 bridgehead atoms. The van der Waals surface area contributed by atoms with Crippen LogP contribution in [0.1, 0.15) is 24.1 Å². The Balaban J connectivity index is 1.69. The van der Waals surface area contributed by atoms with Gasteiger partial charge in [0.2, 0.25) is 0 Å². The zero-order valence-corrected chi connectivity index (χ0v) is 11.0. The topological polar surface area (TPSA) is 41.3 Å². The van der Waals surface area contributed by atoms with Crippen molar-refractivity contribution in [2.45, 2.75) is 37.4 Å². The van der Waals surface area contributed by atoms with E-state index in [4.69, 9.17) is 5.73 Å². The van der Waals surface area contributed by atoms with E-state index in [1.54, 1.807) is 0 Å². The zero-order valence-electron chi connectivity index (χ0n) is 10.2. The van der Waals surface area contributed by atoms with Gasteiger partial charge in [-0.15, -0.1) is 11.3 Å². The number of nitrogens with two attached hydrogens (primary N) is 1. The van der Waals surface area contributed by atoms with Crippen LogP contribution in [-0.2, 0) is 6.54 Å². The third-order valence-electron chi connectivity index (χ3n) is 4.41. The Hall–Kier alpha value is -0.420. The van der Waals surface area contributed by atoms with E-state index >= 15 is 0 Å². The van der Waals surface area contributed by atoms with Crippen LogP contribution in [0.25, 0.3) is 0 Å². The first kappa shape index (κ1) is 11.7. The molecule has 2 fully saturated rings. The fraction of sp³-hybridized carbons (Fsp3) is 0.692. The minimum Gasteiger partial charge on any atom is -0.329 e. The van der Waals surface area contributed by atoms with Gasteiger partial charge in [0.05, 0.1) is 0 Å². The van der Waals surface area contributed by atoms with E-state index in [1.165, 1.54) is 37.2 Å². The molecule has 3 N–H and O–H groups in total. The van der Waals surface area contributed by atoms with Gasteiger partial charge in [0.15, 0.2) is 0 Å². The van der Waals surface area contributed by atoms with Gasteiger partial charge in [-0.25, -0.2) is 0 Å². The maximum Gasteiger partial charge on any atom is 0.0476 e. The first-order valence-corrected chi connectivity index (χ1v) is 7.43. The molecular formula is C13H21N3S.